The van der Waals surface area contributed by atoms with Gasteiger partial charge < -0.3 is 14.8 Å². The molecule has 2 N–H and O–H groups in total. The van der Waals surface area contributed by atoms with Crippen molar-refractivity contribution in [2.45, 2.75) is 33.4 Å². The summed E-state index contributed by atoms with van der Waals surface area (Å²) in [5.41, 5.74) is 1.28. The lowest BCUT2D eigenvalue weighted by Gasteiger charge is -2.08. The predicted octanol–water partition coefficient (Wildman–Crippen LogP) is 1.99. The topological polar surface area (TPSA) is 97.4 Å². The standard InChI is InChI=1S/C14H17N3O4/c1-8(2)17-9(3)11(7-16-17)13(18)15-6-10-4-5-12(21-10)14(19)20/h4-5,7-8H,6H2,1-3H3,(H,15,18)(H,19,20). The van der Waals surface area contributed by atoms with Crippen molar-refractivity contribution in [1.82, 2.24) is 15.1 Å². The summed E-state index contributed by atoms with van der Waals surface area (Å²) < 4.78 is 6.84. The summed E-state index contributed by atoms with van der Waals surface area (Å²) >= 11 is 0. The Morgan fingerprint density at radius 1 is 1.43 bits per heavy atom. The SMILES string of the molecule is Cc1c(C(=O)NCc2ccc(C(=O)O)o2)cnn1C(C)C. The summed E-state index contributed by atoms with van der Waals surface area (Å²) in [6, 6.07) is 3.05. The average molecular weight is 291 g/mol. The Morgan fingerprint density at radius 2 is 2.14 bits per heavy atom. The highest BCUT2D eigenvalue weighted by atomic mass is 16.4. The van der Waals surface area contributed by atoms with E-state index in [2.05, 4.69) is 10.4 Å². The molecule has 7 heteroatoms. The zero-order valence-corrected chi connectivity index (χ0v) is 12.1. The smallest absolute Gasteiger partial charge is 0.371 e. The van der Waals surface area contributed by atoms with Crippen LogP contribution in [0, 0.1) is 6.92 Å². The van der Waals surface area contributed by atoms with Crippen LogP contribution in [0.5, 0.6) is 0 Å². The molecule has 0 radical (unpaired) electrons. The number of nitrogens with zero attached hydrogens (tertiary/aromatic N) is 2. The van der Waals surface area contributed by atoms with E-state index in [1.165, 1.54) is 18.3 Å². The molecule has 0 bridgehead atoms. The summed E-state index contributed by atoms with van der Waals surface area (Å²) in [5.74, 6) is -1.17. The third-order valence-corrected chi connectivity index (χ3v) is 3.07. The molecule has 2 aromatic rings. The summed E-state index contributed by atoms with van der Waals surface area (Å²) in [4.78, 5) is 22.8. The molecule has 0 aliphatic carbocycles. The zero-order chi connectivity index (χ0) is 15.6. The molecule has 7 nitrogen and oxygen atoms in total. The molecule has 0 saturated heterocycles. The van der Waals surface area contributed by atoms with E-state index in [1.807, 2.05) is 20.8 Å². The Labute approximate surface area is 121 Å². The van der Waals surface area contributed by atoms with Crippen molar-refractivity contribution in [3.8, 4) is 0 Å². The summed E-state index contributed by atoms with van der Waals surface area (Å²) in [5, 5.41) is 15.6. The Morgan fingerprint density at radius 3 is 2.67 bits per heavy atom. The number of furan rings is 1. The zero-order valence-electron chi connectivity index (χ0n) is 12.1. The van der Waals surface area contributed by atoms with Crippen LogP contribution < -0.4 is 5.32 Å². The molecule has 2 rings (SSSR count). The van der Waals surface area contributed by atoms with Crippen LogP contribution >= 0.6 is 0 Å². The second kappa shape index (κ2) is 5.82. The highest BCUT2D eigenvalue weighted by Crippen LogP contribution is 2.13. The molecule has 2 heterocycles. The molecule has 0 aliphatic heterocycles. The summed E-state index contributed by atoms with van der Waals surface area (Å²) in [6.45, 7) is 5.92. The number of amides is 1. The number of carbonyl (C=O) groups excluding carboxylic acids is 1. The van der Waals surface area contributed by atoms with Gasteiger partial charge in [-0.05, 0) is 32.9 Å². The van der Waals surface area contributed by atoms with Gasteiger partial charge in [0.1, 0.15) is 5.76 Å². The van der Waals surface area contributed by atoms with Crippen LogP contribution in [0.2, 0.25) is 0 Å². The molecule has 0 fully saturated rings. The first-order chi connectivity index (χ1) is 9.90. The Balaban J connectivity index is 2.03. The molecular formula is C14H17N3O4. The fourth-order valence-electron chi connectivity index (χ4n) is 2.02. The first-order valence-electron chi connectivity index (χ1n) is 6.54. The number of aromatic carboxylic acids is 1. The van der Waals surface area contributed by atoms with Gasteiger partial charge in [-0.1, -0.05) is 0 Å². The van der Waals surface area contributed by atoms with Crippen molar-refractivity contribution in [2.24, 2.45) is 0 Å². The van der Waals surface area contributed by atoms with Gasteiger partial charge in [0.25, 0.3) is 5.91 Å². The molecule has 112 valence electrons. The lowest BCUT2D eigenvalue weighted by Crippen LogP contribution is -2.23. The van der Waals surface area contributed by atoms with Gasteiger partial charge in [-0.3, -0.25) is 9.48 Å². The van der Waals surface area contributed by atoms with Crippen molar-refractivity contribution in [2.75, 3.05) is 0 Å². The summed E-state index contributed by atoms with van der Waals surface area (Å²) in [7, 11) is 0. The minimum absolute atomic E-state index is 0.123. The van der Waals surface area contributed by atoms with E-state index in [9.17, 15) is 9.59 Å². The molecule has 0 aromatic carbocycles. The fourth-order valence-corrected chi connectivity index (χ4v) is 2.02. The Hall–Kier alpha value is -2.57. The number of carboxylic acid groups (broad SMARTS) is 1. The maximum atomic E-state index is 12.1. The van der Waals surface area contributed by atoms with Gasteiger partial charge in [-0.25, -0.2) is 4.79 Å². The molecular weight excluding hydrogens is 274 g/mol. The van der Waals surface area contributed by atoms with Crippen LogP contribution in [-0.2, 0) is 6.54 Å². The summed E-state index contributed by atoms with van der Waals surface area (Å²) in [6.07, 6.45) is 1.52. The van der Waals surface area contributed by atoms with Gasteiger partial charge >= 0.3 is 5.97 Å². The van der Waals surface area contributed by atoms with Crippen molar-refractivity contribution in [1.29, 1.82) is 0 Å². The van der Waals surface area contributed by atoms with Gasteiger partial charge in [-0.2, -0.15) is 5.10 Å². The van der Waals surface area contributed by atoms with Gasteiger partial charge in [-0.15, -0.1) is 0 Å². The van der Waals surface area contributed by atoms with Crippen molar-refractivity contribution >= 4 is 11.9 Å². The second-order valence-electron chi connectivity index (χ2n) is 4.94. The number of hydrogen-bond donors (Lipinski definition) is 2. The van der Waals surface area contributed by atoms with Crippen molar-refractivity contribution in [3.63, 3.8) is 0 Å². The largest absolute Gasteiger partial charge is 0.475 e. The van der Waals surface area contributed by atoms with E-state index >= 15 is 0 Å². The minimum Gasteiger partial charge on any atom is -0.475 e. The van der Waals surface area contributed by atoms with Gasteiger partial charge in [0.05, 0.1) is 18.3 Å². The Kier molecular flexibility index (Phi) is 4.11. The van der Waals surface area contributed by atoms with Crippen LogP contribution in [0.25, 0.3) is 0 Å². The van der Waals surface area contributed by atoms with E-state index < -0.39 is 5.97 Å². The molecule has 0 aliphatic rings. The lowest BCUT2D eigenvalue weighted by molar-refractivity contribution is 0.0660. The molecule has 2 aromatic heterocycles. The third-order valence-electron chi connectivity index (χ3n) is 3.07. The van der Waals surface area contributed by atoms with Gasteiger partial charge in [0.15, 0.2) is 0 Å². The maximum absolute atomic E-state index is 12.1. The number of carbonyl (C=O) groups is 2. The third kappa shape index (κ3) is 3.13. The maximum Gasteiger partial charge on any atom is 0.371 e. The molecule has 0 atom stereocenters. The van der Waals surface area contributed by atoms with Crippen molar-refractivity contribution < 1.29 is 19.1 Å². The normalized spacial score (nSPS) is 10.9. The average Bonchev–Trinajstić information content (AvgIpc) is 3.02. The van der Waals surface area contributed by atoms with Crippen molar-refractivity contribution in [3.05, 3.63) is 41.1 Å². The van der Waals surface area contributed by atoms with E-state index in [4.69, 9.17) is 9.52 Å². The minimum atomic E-state index is -1.14. The molecule has 0 unspecified atom stereocenters. The van der Waals surface area contributed by atoms with E-state index in [0.29, 0.717) is 11.3 Å². The number of hydrogen-bond acceptors (Lipinski definition) is 4. The fraction of sp³-hybridized carbons (Fsp3) is 0.357. The lowest BCUT2D eigenvalue weighted by atomic mass is 10.2. The van der Waals surface area contributed by atoms with Gasteiger partial charge in [0.2, 0.25) is 5.76 Å². The highest BCUT2D eigenvalue weighted by Gasteiger charge is 2.16. The highest BCUT2D eigenvalue weighted by molar-refractivity contribution is 5.95. The van der Waals surface area contributed by atoms with Crippen LogP contribution in [0.3, 0.4) is 0 Å². The second-order valence-corrected chi connectivity index (χ2v) is 4.94. The number of rotatable bonds is 5. The van der Waals surface area contributed by atoms with E-state index in [-0.39, 0.29) is 24.3 Å². The molecule has 21 heavy (non-hydrogen) atoms. The van der Waals surface area contributed by atoms with Crippen LogP contribution in [0.15, 0.2) is 22.7 Å². The first kappa shape index (κ1) is 14.8. The first-order valence-corrected chi connectivity index (χ1v) is 6.54. The quantitative estimate of drug-likeness (QED) is 0.878. The molecule has 0 saturated carbocycles. The number of aromatic nitrogens is 2. The molecule has 1 amide bonds. The van der Waals surface area contributed by atoms with Gasteiger partial charge in [0, 0.05) is 11.7 Å². The van der Waals surface area contributed by atoms with Crippen LogP contribution in [0.4, 0.5) is 0 Å². The van der Waals surface area contributed by atoms with E-state index in [0.717, 1.165) is 5.69 Å². The molecule has 0 spiro atoms. The number of carboxylic acids is 1. The monoisotopic (exact) mass is 291 g/mol. The van der Waals surface area contributed by atoms with E-state index in [1.54, 1.807) is 4.68 Å². The predicted molar refractivity (Wildman–Crippen MR) is 74.2 cm³/mol. The van der Waals surface area contributed by atoms with Crippen LogP contribution in [0.1, 0.15) is 52.3 Å². The van der Waals surface area contributed by atoms with Crippen LogP contribution in [-0.4, -0.2) is 26.8 Å². The Bertz CT molecular complexity index is 670. The number of nitrogens with one attached hydrogen (secondary N) is 1.